The van der Waals surface area contributed by atoms with Crippen molar-refractivity contribution in [3.8, 4) is 0 Å². The fraction of sp³-hybridized carbons (Fsp3) is 0.667. The highest BCUT2D eigenvalue weighted by atomic mass is 31.0. The maximum Gasteiger partial charge on any atom is 0.146 e. The standard InChI is InChI=1S/C9H15N2OP/c1-4-8-7(10-13)5-9(6(2)12)11(8)3/h4,7-9,13H,1,5H2,2-3H3. The molecule has 0 N–H and O–H groups in total. The highest BCUT2D eigenvalue weighted by Crippen LogP contribution is 2.27. The summed E-state index contributed by atoms with van der Waals surface area (Å²) in [5.41, 5.74) is 0. The number of carbonyl (C=O) groups is 1. The van der Waals surface area contributed by atoms with Crippen molar-refractivity contribution >= 4 is 14.8 Å². The highest BCUT2D eigenvalue weighted by Gasteiger charge is 2.38. The molecule has 0 bridgehead atoms. The Bertz CT molecular complexity index is 242. The van der Waals surface area contributed by atoms with Crippen LogP contribution in [0.2, 0.25) is 0 Å². The quantitative estimate of drug-likeness (QED) is 0.509. The Labute approximate surface area is 81.1 Å². The molecule has 72 valence electrons. The van der Waals surface area contributed by atoms with Gasteiger partial charge in [-0.15, -0.1) is 6.58 Å². The molecule has 0 aromatic heterocycles. The number of likely N-dealkylation sites (N-methyl/N-ethyl adjacent to an activating group) is 1. The summed E-state index contributed by atoms with van der Waals surface area (Å²) in [6.45, 7) is 5.37. The van der Waals surface area contributed by atoms with Crippen molar-refractivity contribution in [3.63, 3.8) is 0 Å². The van der Waals surface area contributed by atoms with Crippen molar-refractivity contribution in [1.82, 2.24) is 4.90 Å². The minimum atomic E-state index is -0.00639. The number of nitrogens with zero attached hydrogens (tertiary/aromatic N) is 2. The van der Waals surface area contributed by atoms with Crippen LogP contribution in [-0.4, -0.2) is 35.9 Å². The minimum absolute atomic E-state index is 0.00639. The van der Waals surface area contributed by atoms with Gasteiger partial charge >= 0.3 is 0 Å². The van der Waals surface area contributed by atoms with E-state index < -0.39 is 0 Å². The first-order chi connectivity index (χ1) is 6.11. The lowest BCUT2D eigenvalue weighted by atomic mass is 10.1. The van der Waals surface area contributed by atoms with E-state index in [0.717, 1.165) is 6.42 Å². The first-order valence-corrected chi connectivity index (χ1v) is 4.78. The Morgan fingerprint density at radius 1 is 1.77 bits per heavy atom. The lowest BCUT2D eigenvalue weighted by molar-refractivity contribution is -0.121. The molecule has 4 heteroatoms. The molecule has 1 aliphatic heterocycles. The van der Waals surface area contributed by atoms with Crippen LogP contribution in [0.25, 0.3) is 0 Å². The molecule has 3 unspecified atom stereocenters. The van der Waals surface area contributed by atoms with Crippen molar-refractivity contribution in [2.75, 3.05) is 7.05 Å². The molecule has 1 heterocycles. The zero-order valence-corrected chi connectivity index (χ0v) is 9.03. The Balaban J connectivity index is 2.82. The zero-order valence-electron chi connectivity index (χ0n) is 8.03. The molecule has 0 amide bonds. The maximum absolute atomic E-state index is 11.2. The maximum atomic E-state index is 11.2. The normalized spacial score (nSPS) is 34.5. The molecule has 0 radical (unpaired) electrons. The fourth-order valence-corrected chi connectivity index (χ4v) is 2.18. The van der Waals surface area contributed by atoms with E-state index in [1.165, 1.54) is 0 Å². The van der Waals surface area contributed by atoms with Crippen LogP contribution in [0.15, 0.2) is 17.4 Å². The molecule has 0 aliphatic carbocycles. The smallest absolute Gasteiger partial charge is 0.146 e. The van der Waals surface area contributed by atoms with E-state index >= 15 is 0 Å². The third kappa shape index (κ3) is 1.87. The van der Waals surface area contributed by atoms with Crippen molar-refractivity contribution in [1.29, 1.82) is 0 Å². The summed E-state index contributed by atoms with van der Waals surface area (Å²) >= 11 is 0. The molecule has 0 saturated carbocycles. The zero-order chi connectivity index (χ0) is 10.0. The predicted octanol–water partition coefficient (Wildman–Crippen LogP) is 1.53. The number of hydrogen-bond donors (Lipinski definition) is 0. The van der Waals surface area contributed by atoms with Crippen LogP contribution >= 0.6 is 9.03 Å². The van der Waals surface area contributed by atoms with Crippen LogP contribution in [0, 0.1) is 0 Å². The summed E-state index contributed by atoms with van der Waals surface area (Å²) in [5, 5.41) is 0. The van der Waals surface area contributed by atoms with E-state index in [4.69, 9.17) is 0 Å². The fourth-order valence-electron chi connectivity index (χ4n) is 1.92. The topological polar surface area (TPSA) is 32.7 Å². The molecule has 0 aromatic rings. The van der Waals surface area contributed by atoms with Crippen LogP contribution < -0.4 is 0 Å². The van der Waals surface area contributed by atoms with Gasteiger partial charge in [-0.3, -0.25) is 14.4 Å². The number of hydrogen-bond acceptors (Lipinski definition) is 3. The summed E-state index contributed by atoms with van der Waals surface area (Å²) in [6.07, 6.45) is 2.63. The Morgan fingerprint density at radius 3 is 2.69 bits per heavy atom. The molecular formula is C9H15N2OP. The summed E-state index contributed by atoms with van der Waals surface area (Å²) in [5.74, 6) is 0.201. The van der Waals surface area contributed by atoms with E-state index in [9.17, 15) is 4.79 Å². The summed E-state index contributed by atoms with van der Waals surface area (Å²) in [7, 11) is 5.09. The largest absolute Gasteiger partial charge is 0.298 e. The van der Waals surface area contributed by atoms with Gasteiger partial charge < -0.3 is 0 Å². The number of rotatable bonds is 3. The molecular weight excluding hydrogens is 183 g/mol. The number of carbonyl (C=O) groups excluding carboxylic acids is 1. The minimum Gasteiger partial charge on any atom is -0.298 e. The first kappa shape index (κ1) is 10.6. The van der Waals surface area contributed by atoms with Crippen LogP contribution in [-0.2, 0) is 4.79 Å². The van der Waals surface area contributed by atoms with Crippen molar-refractivity contribution in [3.05, 3.63) is 12.7 Å². The molecule has 0 aromatic carbocycles. The number of ketones is 1. The van der Waals surface area contributed by atoms with Gasteiger partial charge in [-0.25, -0.2) is 0 Å². The average Bonchev–Trinajstić information content (AvgIpc) is 2.41. The third-order valence-corrected chi connectivity index (χ3v) is 3.03. The second-order valence-corrected chi connectivity index (χ2v) is 3.71. The van der Waals surface area contributed by atoms with Gasteiger partial charge in [0.1, 0.15) is 5.78 Å². The highest BCUT2D eigenvalue weighted by molar-refractivity contribution is 7.04. The van der Waals surface area contributed by atoms with Gasteiger partial charge in [-0.2, -0.15) is 0 Å². The van der Waals surface area contributed by atoms with Crippen LogP contribution in [0.4, 0.5) is 0 Å². The third-order valence-electron chi connectivity index (χ3n) is 2.70. The van der Waals surface area contributed by atoms with Crippen molar-refractivity contribution in [2.45, 2.75) is 31.5 Å². The van der Waals surface area contributed by atoms with E-state index in [2.05, 4.69) is 20.4 Å². The molecule has 3 nitrogen and oxygen atoms in total. The Morgan fingerprint density at radius 2 is 2.38 bits per heavy atom. The molecule has 3 atom stereocenters. The first-order valence-electron chi connectivity index (χ1n) is 4.33. The van der Waals surface area contributed by atoms with Gasteiger partial charge in [0.25, 0.3) is 0 Å². The van der Waals surface area contributed by atoms with E-state index in [0.29, 0.717) is 0 Å². The van der Waals surface area contributed by atoms with Crippen LogP contribution in [0.1, 0.15) is 13.3 Å². The predicted molar refractivity (Wildman–Crippen MR) is 55.4 cm³/mol. The van der Waals surface area contributed by atoms with E-state index in [1.807, 2.05) is 18.0 Å². The van der Waals surface area contributed by atoms with Crippen LogP contribution in [0.5, 0.6) is 0 Å². The monoisotopic (exact) mass is 198 g/mol. The van der Waals surface area contributed by atoms with Gasteiger partial charge in [0.05, 0.1) is 18.1 Å². The number of Topliss-reactive ketones (excluding diaryl/α,β-unsaturated/α-hetero) is 1. The molecule has 1 saturated heterocycles. The van der Waals surface area contributed by atoms with Crippen LogP contribution in [0.3, 0.4) is 0 Å². The molecule has 1 aliphatic rings. The molecule has 1 fully saturated rings. The van der Waals surface area contributed by atoms with Crippen molar-refractivity contribution < 1.29 is 4.79 Å². The van der Waals surface area contributed by atoms with E-state index in [-0.39, 0.29) is 23.9 Å². The average molecular weight is 198 g/mol. The Kier molecular flexibility index (Phi) is 3.34. The summed E-state index contributed by atoms with van der Waals surface area (Å²) < 4.78 is 4.06. The second kappa shape index (κ2) is 4.12. The lowest BCUT2D eigenvalue weighted by Gasteiger charge is -2.21. The molecule has 13 heavy (non-hydrogen) atoms. The number of likely N-dealkylation sites (tertiary alicyclic amines) is 1. The van der Waals surface area contributed by atoms with Gasteiger partial charge in [0, 0.05) is 0 Å². The van der Waals surface area contributed by atoms with Gasteiger partial charge in [-0.05, 0) is 29.4 Å². The van der Waals surface area contributed by atoms with Crippen molar-refractivity contribution in [2.24, 2.45) is 4.74 Å². The summed E-state index contributed by atoms with van der Waals surface area (Å²) in [6, 6.07) is 0.313. The van der Waals surface area contributed by atoms with Gasteiger partial charge in [0.2, 0.25) is 0 Å². The van der Waals surface area contributed by atoms with E-state index in [1.54, 1.807) is 6.92 Å². The lowest BCUT2D eigenvalue weighted by Crippen LogP contribution is -2.36. The second-order valence-electron chi connectivity index (χ2n) is 3.45. The molecule has 0 spiro atoms. The van der Waals surface area contributed by atoms with Gasteiger partial charge in [0.15, 0.2) is 0 Å². The van der Waals surface area contributed by atoms with Gasteiger partial charge in [-0.1, -0.05) is 6.08 Å². The SMILES string of the molecule is C=CC1C(N=P)CC(C(C)=O)N1C. The Hall–Kier alpha value is -0.530. The summed E-state index contributed by atoms with van der Waals surface area (Å²) in [4.78, 5) is 13.3. The molecule has 1 rings (SSSR count).